The molecule has 1 rings (SSSR count). The molecule has 0 aliphatic carbocycles. The summed E-state index contributed by atoms with van der Waals surface area (Å²) in [5, 5.41) is 3.69. The van der Waals surface area contributed by atoms with Crippen molar-refractivity contribution in [1.82, 2.24) is 5.32 Å². The van der Waals surface area contributed by atoms with Crippen LogP contribution in [-0.4, -0.2) is 11.6 Å². The Labute approximate surface area is 70.6 Å². The number of rotatable bonds is 1. The Morgan fingerprint density at radius 3 is 2.55 bits per heavy atom. The molecular formula is C10H21N. The fourth-order valence-electron chi connectivity index (χ4n) is 1.84. The van der Waals surface area contributed by atoms with Crippen LogP contribution in [0.1, 0.15) is 47.0 Å². The minimum absolute atomic E-state index is 0.423. The van der Waals surface area contributed by atoms with Crippen molar-refractivity contribution in [1.29, 1.82) is 0 Å². The standard InChI is InChI=1S/C10H21N/c1-5-10(4)7-6-8(2)9(3)11-10/h8-9,11H,5-7H2,1-4H3. The molecule has 0 saturated carbocycles. The second kappa shape index (κ2) is 3.14. The lowest BCUT2D eigenvalue weighted by molar-refractivity contribution is 0.177. The lowest BCUT2D eigenvalue weighted by Crippen LogP contribution is -2.53. The van der Waals surface area contributed by atoms with E-state index in [-0.39, 0.29) is 0 Å². The molecule has 0 spiro atoms. The van der Waals surface area contributed by atoms with Crippen LogP contribution in [0.3, 0.4) is 0 Å². The minimum atomic E-state index is 0.423. The molecule has 1 N–H and O–H groups in total. The Morgan fingerprint density at radius 2 is 2.09 bits per heavy atom. The molecule has 11 heavy (non-hydrogen) atoms. The first-order valence-corrected chi connectivity index (χ1v) is 4.85. The Bertz CT molecular complexity index is 133. The van der Waals surface area contributed by atoms with Gasteiger partial charge in [0.05, 0.1) is 0 Å². The van der Waals surface area contributed by atoms with E-state index in [2.05, 4.69) is 33.0 Å². The summed E-state index contributed by atoms with van der Waals surface area (Å²) >= 11 is 0. The lowest BCUT2D eigenvalue weighted by atomic mass is 9.81. The van der Waals surface area contributed by atoms with Crippen LogP contribution in [0.15, 0.2) is 0 Å². The summed E-state index contributed by atoms with van der Waals surface area (Å²) in [4.78, 5) is 0. The van der Waals surface area contributed by atoms with Gasteiger partial charge in [0, 0.05) is 11.6 Å². The van der Waals surface area contributed by atoms with Crippen LogP contribution < -0.4 is 5.32 Å². The van der Waals surface area contributed by atoms with Gasteiger partial charge in [0.15, 0.2) is 0 Å². The topological polar surface area (TPSA) is 12.0 Å². The summed E-state index contributed by atoms with van der Waals surface area (Å²) in [5.74, 6) is 0.856. The Morgan fingerprint density at radius 1 is 1.45 bits per heavy atom. The van der Waals surface area contributed by atoms with Crippen molar-refractivity contribution in [3.63, 3.8) is 0 Å². The summed E-state index contributed by atoms with van der Waals surface area (Å²) in [6.45, 7) is 9.26. The summed E-state index contributed by atoms with van der Waals surface area (Å²) in [5.41, 5.74) is 0.423. The second-order valence-corrected chi connectivity index (χ2v) is 4.36. The zero-order valence-electron chi connectivity index (χ0n) is 8.28. The highest BCUT2D eigenvalue weighted by atomic mass is 15.0. The van der Waals surface area contributed by atoms with Crippen LogP contribution in [0.4, 0.5) is 0 Å². The molecule has 66 valence electrons. The Kier molecular flexibility index (Phi) is 2.58. The average molecular weight is 155 g/mol. The van der Waals surface area contributed by atoms with Gasteiger partial charge in [0.1, 0.15) is 0 Å². The Hall–Kier alpha value is -0.0400. The molecule has 3 atom stereocenters. The van der Waals surface area contributed by atoms with Crippen molar-refractivity contribution in [2.45, 2.75) is 58.5 Å². The predicted octanol–water partition coefficient (Wildman–Crippen LogP) is 2.56. The van der Waals surface area contributed by atoms with Gasteiger partial charge in [0.25, 0.3) is 0 Å². The number of nitrogens with one attached hydrogen (secondary N) is 1. The van der Waals surface area contributed by atoms with Gasteiger partial charge in [-0.2, -0.15) is 0 Å². The average Bonchev–Trinajstić information content (AvgIpc) is 1.98. The molecular weight excluding hydrogens is 134 g/mol. The van der Waals surface area contributed by atoms with Crippen molar-refractivity contribution < 1.29 is 0 Å². The monoisotopic (exact) mass is 155 g/mol. The molecule has 1 saturated heterocycles. The maximum Gasteiger partial charge on any atom is 0.0153 e. The van der Waals surface area contributed by atoms with Crippen LogP contribution >= 0.6 is 0 Å². The molecule has 1 nitrogen and oxygen atoms in total. The third-order valence-corrected chi connectivity index (χ3v) is 3.36. The zero-order chi connectivity index (χ0) is 8.48. The van der Waals surface area contributed by atoms with E-state index < -0.39 is 0 Å². The third-order valence-electron chi connectivity index (χ3n) is 3.36. The normalized spacial score (nSPS) is 45.8. The van der Waals surface area contributed by atoms with Crippen molar-refractivity contribution in [2.75, 3.05) is 0 Å². The van der Waals surface area contributed by atoms with Crippen molar-refractivity contribution in [2.24, 2.45) is 5.92 Å². The maximum absolute atomic E-state index is 3.69. The van der Waals surface area contributed by atoms with E-state index in [4.69, 9.17) is 0 Å². The van der Waals surface area contributed by atoms with E-state index in [0.717, 1.165) is 5.92 Å². The molecule has 0 aromatic rings. The van der Waals surface area contributed by atoms with E-state index >= 15 is 0 Å². The number of hydrogen-bond acceptors (Lipinski definition) is 1. The zero-order valence-corrected chi connectivity index (χ0v) is 8.28. The van der Waals surface area contributed by atoms with Crippen LogP contribution in [-0.2, 0) is 0 Å². The molecule has 0 bridgehead atoms. The molecule has 0 amide bonds. The van der Waals surface area contributed by atoms with Crippen molar-refractivity contribution >= 4 is 0 Å². The third kappa shape index (κ3) is 1.96. The molecule has 0 radical (unpaired) electrons. The summed E-state index contributed by atoms with van der Waals surface area (Å²) in [6, 6.07) is 0.702. The van der Waals surface area contributed by atoms with Gasteiger partial charge < -0.3 is 5.32 Å². The minimum Gasteiger partial charge on any atom is -0.309 e. The first kappa shape index (κ1) is 9.05. The first-order chi connectivity index (χ1) is 5.07. The van der Waals surface area contributed by atoms with E-state index in [1.54, 1.807) is 0 Å². The highest BCUT2D eigenvalue weighted by Crippen LogP contribution is 2.28. The second-order valence-electron chi connectivity index (χ2n) is 4.36. The lowest BCUT2D eigenvalue weighted by Gasteiger charge is -2.41. The number of piperidine rings is 1. The molecule has 1 aliphatic rings. The van der Waals surface area contributed by atoms with Crippen LogP contribution in [0.25, 0.3) is 0 Å². The van der Waals surface area contributed by atoms with Crippen molar-refractivity contribution in [3.8, 4) is 0 Å². The fourth-order valence-corrected chi connectivity index (χ4v) is 1.84. The molecule has 1 heteroatoms. The predicted molar refractivity (Wildman–Crippen MR) is 49.7 cm³/mol. The van der Waals surface area contributed by atoms with Crippen LogP contribution in [0.2, 0.25) is 0 Å². The Balaban J connectivity index is 2.51. The quantitative estimate of drug-likeness (QED) is 0.613. The summed E-state index contributed by atoms with van der Waals surface area (Å²) < 4.78 is 0. The van der Waals surface area contributed by atoms with Gasteiger partial charge >= 0.3 is 0 Å². The maximum atomic E-state index is 3.69. The smallest absolute Gasteiger partial charge is 0.0153 e. The van der Waals surface area contributed by atoms with E-state index in [1.807, 2.05) is 0 Å². The highest BCUT2D eigenvalue weighted by molar-refractivity contribution is 4.91. The molecule has 1 heterocycles. The largest absolute Gasteiger partial charge is 0.309 e. The first-order valence-electron chi connectivity index (χ1n) is 4.85. The van der Waals surface area contributed by atoms with Crippen LogP contribution in [0.5, 0.6) is 0 Å². The van der Waals surface area contributed by atoms with Gasteiger partial charge in [-0.25, -0.2) is 0 Å². The van der Waals surface area contributed by atoms with Crippen LogP contribution in [0, 0.1) is 5.92 Å². The molecule has 1 fully saturated rings. The molecule has 0 aromatic carbocycles. The molecule has 3 unspecified atom stereocenters. The van der Waals surface area contributed by atoms with E-state index in [0.29, 0.717) is 11.6 Å². The van der Waals surface area contributed by atoms with E-state index in [1.165, 1.54) is 19.3 Å². The van der Waals surface area contributed by atoms with Gasteiger partial charge in [-0.1, -0.05) is 13.8 Å². The SMILES string of the molecule is CCC1(C)CCC(C)C(C)N1. The highest BCUT2D eigenvalue weighted by Gasteiger charge is 2.31. The fraction of sp³-hybridized carbons (Fsp3) is 1.00. The van der Waals surface area contributed by atoms with Gasteiger partial charge in [-0.05, 0) is 39.0 Å². The van der Waals surface area contributed by atoms with E-state index in [9.17, 15) is 0 Å². The van der Waals surface area contributed by atoms with Crippen molar-refractivity contribution in [3.05, 3.63) is 0 Å². The van der Waals surface area contributed by atoms with Gasteiger partial charge in [0.2, 0.25) is 0 Å². The summed E-state index contributed by atoms with van der Waals surface area (Å²) in [7, 11) is 0. The van der Waals surface area contributed by atoms with Gasteiger partial charge in [-0.3, -0.25) is 0 Å². The van der Waals surface area contributed by atoms with Gasteiger partial charge in [-0.15, -0.1) is 0 Å². The summed E-state index contributed by atoms with van der Waals surface area (Å²) in [6.07, 6.45) is 3.98. The molecule has 0 aromatic heterocycles. The molecule has 1 aliphatic heterocycles. The number of hydrogen-bond donors (Lipinski definition) is 1.